The second kappa shape index (κ2) is 5.68. The summed E-state index contributed by atoms with van der Waals surface area (Å²) < 4.78 is 38.2. The van der Waals surface area contributed by atoms with Crippen LogP contribution in [0.25, 0.3) is 0 Å². The van der Waals surface area contributed by atoms with Crippen LogP contribution in [0.4, 0.5) is 18.9 Å². The lowest BCUT2D eigenvalue weighted by molar-refractivity contribution is -0.184. The summed E-state index contributed by atoms with van der Waals surface area (Å²) in [5.74, 6) is -1.89. The smallest absolute Gasteiger partial charge is 0.388 e. The Morgan fingerprint density at radius 3 is 2.90 bits per heavy atom. The van der Waals surface area contributed by atoms with E-state index in [9.17, 15) is 18.0 Å². The van der Waals surface area contributed by atoms with Crippen molar-refractivity contribution in [3.05, 3.63) is 24.0 Å². The van der Waals surface area contributed by atoms with E-state index in [0.29, 0.717) is 18.7 Å². The Hall–Kier alpha value is -1.79. The minimum Gasteiger partial charge on any atom is -0.388 e. The number of nitrogens with zero attached hydrogens (tertiary/aromatic N) is 2. The van der Waals surface area contributed by atoms with Crippen molar-refractivity contribution in [2.75, 3.05) is 25.5 Å². The number of carbonyl (C=O) groups is 1. The molecule has 110 valence electrons. The molecule has 1 aliphatic rings. The highest BCUT2D eigenvalue weighted by atomic mass is 19.4. The molecule has 7 heteroatoms. The monoisotopic (exact) mass is 287 g/mol. The molecule has 0 bridgehead atoms. The highest BCUT2D eigenvalue weighted by Crippen LogP contribution is 2.33. The zero-order valence-corrected chi connectivity index (χ0v) is 11.1. The molecule has 1 aromatic rings. The molecule has 1 aromatic heterocycles. The van der Waals surface area contributed by atoms with Gasteiger partial charge in [-0.05, 0) is 25.0 Å². The molecule has 0 aromatic carbocycles. The van der Waals surface area contributed by atoms with Gasteiger partial charge in [0.15, 0.2) is 0 Å². The maximum atomic E-state index is 12.7. The first-order valence-corrected chi connectivity index (χ1v) is 6.41. The predicted octanol–water partition coefficient (Wildman–Crippen LogP) is 2.54. The fraction of sp³-hybridized carbons (Fsp3) is 0.538. The highest BCUT2D eigenvalue weighted by molar-refractivity contribution is 5.93. The van der Waals surface area contributed by atoms with Gasteiger partial charge in [-0.25, -0.2) is 0 Å². The summed E-state index contributed by atoms with van der Waals surface area (Å²) in [5, 5.41) is 2.87. The Morgan fingerprint density at radius 1 is 1.50 bits per heavy atom. The Labute approximate surface area is 115 Å². The van der Waals surface area contributed by atoms with Gasteiger partial charge in [0.25, 0.3) is 5.91 Å². The van der Waals surface area contributed by atoms with E-state index < -0.39 is 18.0 Å². The molecule has 1 fully saturated rings. The minimum atomic E-state index is -4.25. The van der Waals surface area contributed by atoms with Gasteiger partial charge >= 0.3 is 6.18 Å². The van der Waals surface area contributed by atoms with Gasteiger partial charge in [-0.1, -0.05) is 0 Å². The summed E-state index contributed by atoms with van der Waals surface area (Å²) in [6.45, 7) is 0.0602. The Kier molecular flexibility index (Phi) is 4.15. The van der Waals surface area contributed by atoms with E-state index in [1.807, 2.05) is 0 Å². The van der Waals surface area contributed by atoms with Crippen molar-refractivity contribution in [1.82, 2.24) is 9.88 Å². The predicted molar refractivity (Wildman–Crippen MR) is 68.5 cm³/mol. The van der Waals surface area contributed by atoms with Crippen LogP contribution in [0.1, 0.15) is 23.3 Å². The molecule has 0 aliphatic carbocycles. The lowest BCUT2D eigenvalue weighted by Crippen LogP contribution is -2.44. The lowest BCUT2D eigenvalue weighted by atomic mass is 9.97. The van der Waals surface area contributed by atoms with Crippen LogP contribution in [0.3, 0.4) is 0 Å². The normalized spacial score (nSPS) is 19.8. The number of alkyl halides is 3. The van der Waals surface area contributed by atoms with Gasteiger partial charge in [-0.3, -0.25) is 9.78 Å². The average molecular weight is 287 g/mol. The van der Waals surface area contributed by atoms with E-state index in [4.69, 9.17) is 0 Å². The summed E-state index contributed by atoms with van der Waals surface area (Å²) in [7, 11) is 1.70. The summed E-state index contributed by atoms with van der Waals surface area (Å²) in [4.78, 5) is 17.4. The summed E-state index contributed by atoms with van der Waals surface area (Å²) in [6, 6.07) is 3.23. The van der Waals surface area contributed by atoms with E-state index in [2.05, 4.69) is 10.3 Å². The first-order chi connectivity index (χ1) is 9.41. The van der Waals surface area contributed by atoms with E-state index >= 15 is 0 Å². The number of halogens is 3. The third-order valence-electron chi connectivity index (χ3n) is 3.44. The van der Waals surface area contributed by atoms with Gasteiger partial charge in [-0.15, -0.1) is 0 Å². The lowest BCUT2D eigenvalue weighted by Gasteiger charge is -2.33. The number of amides is 1. The molecule has 1 amide bonds. The number of rotatable bonds is 2. The Bertz CT molecular complexity index is 490. The van der Waals surface area contributed by atoms with E-state index in [0.717, 1.165) is 0 Å². The molecule has 1 aliphatic heterocycles. The SMILES string of the molecule is CNc1ccnc(C(=O)N2CCCC(C(F)(F)F)C2)c1. The fourth-order valence-corrected chi connectivity index (χ4v) is 2.29. The molecule has 2 heterocycles. The number of anilines is 1. The second-order valence-electron chi connectivity index (χ2n) is 4.81. The van der Waals surface area contributed by atoms with Gasteiger partial charge in [0.1, 0.15) is 5.69 Å². The number of piperidine rings is 1. The summed E-state index contributed by atoms with van der Waals surface area (Å²) >= 11 is 0. The molecule has 0 radical (unpaired) electrons. The van der Waals surface area contributed by atoms with Crippen molar-refractivity contribution in [2.45, 2.75) is 19.0 Å². The van der Waals surface area contributed by atoms with Crippen molar-refractivity contribution in [2.24, 2.45) is 5.92 Å². The molecule has 1 N–H and O–H groups in total. The maximum Gasteiger partial charge on any atom is 0.393 e. The standard InChI is InChI=1S/C13H16F3N3O/c1-17-10-4-5-18-11(7-10)12(20)19-6-2-3-9(8-19)13(14,15)16/h4-5,7,9H,2-3,6,8H2,1H3,(H,17,18). The molecular formula is C13H16F3N3O. The van der Waals surface area contributed by atoms with Gasteiger partial charge in [0.05, 0.1) is 5.92 Å². The van der Waals surface area contributed by atoms with Crippen molar-refractivity contribution >= 4 is 11.6 Å². The topological polar surface area (TPSA) is 45.2 Å². The number of hydrogen-bond donors (Lipinski definition) is 1. The van der Waals surface area contributed by atoms with Crippen LogP contribution < -0.4 is 5.32 Å². The minimum absolute atomic E-state index is 0.0806. The number of likely N-dealkylation sites (tertiary alicyclic amines) is 1. The highest BCUT2D eigenvalue weighted by Gasteiger charge is 2.42. The van der Waals surface area contributed by atoms with Crippen molar-refractivity contribution in [1.29, 1.82) is 0 Å². The molecule has 1 unspecified atom stereocenters. The van der Waals surface area contributed by atoms with Gasteiger partial charge < -0.3 is 10.2 Å². The number of pyridine rings is 1. The molecule has 1 saturated heterocycles. The number of carbonyl (C=O) groups excluding carboxylic acids is 1. The number of aromatic nitrogens is 1. The van der Waals surface area contributed by atoms with Gasteiger partial charge in [0.2, 0.25) is 0 Å². The number of hydrogen-bond acceptors (Lipinski definition) is 3. The quantitative estimate of drug-likeness (QED) is 0.909. The second-order valence-corrected chi connectivity index (χ2v) is 4.81. The van der Waals surface area contributed by atoms with Crippen LogP contribution in [-0.4, -0.2) is 42.1 Å². The summed E-state index contributed by atoms with van der Waals surface area (Å²) in [5.41, 5.74) is 0.868. The molecule has 2 rings (SSSR count). The van der Waals surface area contributed by atoms with Crippen molar-refractivity contribution in [3.63, 3.8) is 0 Å². The van der Waals surface area contributed by atoms with Gasteiger partial charge in [0, 0.05) is 32.0 Å². The third kappa shape index (κ3) is 3.20. The average Bonchev–Trinajstić information content (AvgIpc) is 2.46. The zero-order valence-electron chi connectivity index (χ0n) is 11.1. The largest absolute Gasteiger partial charge is 0.393 e. The van der Waals surface area contributed by atoms with Crippen LogP contribution in [0.2, 0.25) is 0 Å². The zero-order chi connectivity index (χ0) is 14.8. The molecule has 20 heavy (non-hydrogen) atoms. The van der Waals surface area contributed by atoms with Crippen LogP contribution in [0.5, 0.6) is 0 Å². The van der Waals surface area contributed by atoms with Gasteiger partial charge in [-0.2, -0.15) is 13.2 Å². The van der Waals surface area contributed by atoms with Crippen LogP contribution in [0.15, 0.2) is 18.3 Å². The molecule has 1 atom stereocenters. The molecular weight excluding hydrogens is 271 g/mol. The van der Waals surface area contributed by atoms with E-state index in [-0.39, 0.29) is 18.7 Å². The number of nitrogens with one attached hydrogen (secondary N) is 1. The van der Waals surface area contributed by atoms with Crippen LogP contribution in [-0.2, 0) is 0 Å². The van der Waals surface area contributed by atoms with Crippen molar-refractivity contribution < 1.29 is 18.0 Å². The fourth-order valence-electron chi connectivity index (χ4n) is 2.29. The van der Waals surface area contributed by atoms with Crippen LogP contribution in [0, 0.1) is 5.92 Å². The Balaban J connectivity index is 2.12. The Morgan fingerprint density at radius 2 is 2.25 bits per heavy atom. The van der Waals surface area contributed by atoms with E-state index in [1.54, 1.807) is 19.2 Å². The first-order valence-electron chi connectivity index (χ1n) is 6.41. The van der Waals surface area contributed by atoms with E-state index in [1.165, 1.54) is 11.1 Å². The molecule has 4 nitrogen and oxygen atoms in total. The summed E-state index contributed by atoms with van der Waals surface area (Å²) in [6.07, 6.45) is -2.34. The van der Waals surface area contributed by atoms with Crippen molar-refractivity contribution in [3.8, 4) is 0 Å². The molecule has 0 spiro atoms. The maximum absolute atomic E-state index is 12.7. The molecule has 0 saturated carbocycles. The first kappa shape index (κ1) is 14.6. The van der Waals surface area contributed by atoms with Crippen LogP contribution >= 0.6 is 0 Å². The third-order valence-corrected chi connectivity index (χ3v) is 3.44.